The smallest absolute Gasteiger partial charge is 0.232 e. The van der Waals surface area contributed by atoms with Crippen molar-refractivity contribution in [1.82, 2.24) is 0 Å². The summed E-state index contributed by atoms with van der Waals surface area (Å²) in [6, 6.07) is 7.50. The van der Waals surface area contributed by atoms with Crippen molar-refractivity contribution < 1.29 is 8.42 Å². The fourth-order valence-electron chi connectivity index (χ4n) is 1.77. The quantitative estimate of drug-likeness (QED) is 0.702. The number of nitrogens with zero attached hydrogens (tertiary/aromatic N) is 1. The number of para-hydroxylation sites is 1. The second-order valence-corrected chi connectivity index (χ2v) is 5.46. The topological polar surface area (TPSA) is 37.4 Å². The van der Waals surface area contributed by atoms with Crippen molar-refractivity contribution in [2.75, 3.05) is 17.1 Å². The predicted molar refractivity (Wildman–Crippen MR) is 56.7 cm³/mol. The van der Waals surface area contributed by atoms with E-state index in [0.29, 0.717) is 6.54 Å². The first-order valence-electron chi connectivity index (χ1n) is 4.40. The molecule has 0 bridgehead atoms. The van der Waals surface area contributed by atoms with E-state index in [0.717, 1.165) is 11.3 Å². The van der Waals surface area contributed by atoms with Crippen molar-refractivity contribution in [3.8, 4) is 0 Å². The van der Waals surface area contributed by atoms with Crippen molar-refractivity contribution >= 4 is 15.7 Å². The van der Waals surface area contributed by atoms with Crippen molar-refractivity contribution in [2.45, 2.75) is 5.92 Å². The highest BCUT2D eigenvalue weighted by atomic mass is 32.2. The summed E-state index contributed by atoms with van der Waals surface area (Å²) >= 11 is 0. The van der Waals surface area contributed by atoms with Crippen LogP contribution in [0.15, 0.2) is 24.3 Å². The van der Waals surface area contributed by atoms with E-state index in [-0.39, 0.29) is 5.92 Å². The summed E-state index contributed by atoms with van der Waals surface area (Å²) in [7, 11) is -3.16. The van der Waals surface area contributed by atoms with Crippen LogP contribution in [0.3, 0.4) is 0 Å². The molecule has 1 unspecified atom stereocenters. The highest BCUT2D eigenvalue weighted by Crippen LogP contribution is 2.36. The molecule has 2 rings (SSSR count). The Labute approximate surface area is 84.4 Å². The van der Waals surface area contributed by atoms with E-state index < -0.39 is 10.0 Å². The Morgan fingerprint density at radius 3 is 2.71 bits per heavy atom. The van der Waals surface area contributed by atoms with E-state index in [1.54, 1.807) is 0 Å². The Hall–Kier alpha value is -1.03. The van der Waals surface area contributed by atoms with Gasteiger partial charge in [-0.25, -0.2) is 8.42 Å². The van der Waals surface area contributed by atoms with Gasteiger partial charge in [0.15, 0.2) is 0 Å². The van der Waals surface area contributed by atoms with Crippen LogP contribution in [-0.2, 0) is 10.0 Å². The first kappa shape index (κ1) is 9.52. The van der Waals surface area contributed by atoms with E-state index >= 15 is 0 Å². The third-order valence-electron chi connectivity index (χ3n) is 2.43. The summed E-state index contributed by atoms with van der Waals surface area (Å²) in [6.45, 7) is 4.39. The zero-order valence-electron chi connectivity index (χ0n) is 7.97. The van der Waals surface area contributed by atoms with Gasteiger partial charge in [0.2, 0.25) is 10.0 Å². The molecule has 0 saturated heterocycles. The summed E-state index contributed by atoms with van der Waals surface area (Å²) < 4.78 is 24.3. The number of benzene rings is 1. The SMILES string of the molecule is [CH2]C1CN(S(C)(=O)=O)c2ccccc21. The molecule has 1 aromatic carbocycles. The molecule has 1 aliphatic rings. The van der Waals surface area contributed by atoms with Crippen LogP contribution in [0.4, 0.5) is 5.69 Å². The van der Waals surface area contributed by atoms with Crippen LogP contribution in [0, 0.1) is 6.92 Å². The van der Waals surface area contributed by atoms with E-state index in [1.165, 1.54) is 10.6 Å². The lowest BCUT2D eigenvalue weighted by Crippen LogP contribution is -2.28. The van der Waals surface area contributed by atoms with Crippen LogP contribution >= 0.6 is 0 Å². The lowest BCUT2D eigenvalue weighted by atomic mass is 10.0. The average molecular weight is 210 g/mol. The molecule has 1 atom stereocenters. The van der Waals surface area contributed by atoms with Crippen molar-refractivity contribution in [3.63, 3.8) is 0 Å². The molecule has 0 spiro atoms. The number of sulfonamides is 1. The molecule has 14 heavy (non-hydrogen) atoms. The van der Waals surface area contributed by atoms with Gasteiger partial charge in [0.05, 0.1) is 11.9 Å². The van der Waals surface area contributed by atoms with E-state index in [2.05, 4.69) is 6.92 Å². The van der Waals surface area contributed by atoms with Crippen LogP contribution in [0.5, 0.6) is 0 Å². The number of hydrogen-bond donors (Lipinski definition) is 0. The minimum Gasteiger partial charge on any atom is -0.270 e. The fourth-order valence-corrected chi connectivity index (χ4v) is 2.75. The zero-order valence-corrected chi connectivity index (χ0v) is 8.79. The molecule has 4 heteroatoms. The Morgan fingerprint density at radius 1 is 1.43 bits per heavy atom. The third kappa shape index (κ3) is 1.39. The van der Waals surface area contributed by atoms with E-state index in [9.17, 15) is 8.42 Å². The number of anilines is 1. The van der Waals surface area contributed by atoms with Crippen molar-refractivity contribution in [1.29, 1.82) is 0 Å². The van der Waals surface area contributed by atoms with Crippen LogP contribution in [-0.4, -0.2) is 21.2 Å². The molecular weight excluding hydrogens is 198 g/mol. The van der Waals surface area contributed by atoms with Crippen molar-refractivity contribution in [2.24, 2.45) is 0 Å². The zero-order chi connectivity index (χ0) is 10.3. The van der Waals surface area contributed by atoms with Gasteiger partial charge in [-0.3, -0.25) is 4.31 Å². The normalized spacial score (nSPS) is 21.0. The summed E-state index contributed by atoms with van der Waals surface area (Å²) in [5, 5.41) is 0. The second kappa shape index (κ2) is 2.98. The summed E-state index contributed by atoms with van der Waals surface area (Å²) in [4.78, 5) is 0. The van der Waals surface area contributed by atoms with Crippen LogP contribution in [0.2, 0.25) is 0 Å². The Kier molecular flexibility index (Phi) is 2.03. The number of rotatable bonds is 1. The van der Waals surface area contributed by atoms with Gasteiger partial charge in [-0.1, -0.05) is 18.2 Å². The van der Waals surface area contributed by atoms with E-state index in [1.807, 2.05) is 24.3 Å². The molecule has 0 aromatic heterocycles. The van der Waals surface area contributed by atoms with Gasteiger partial charge in [-0.15, -0.1) is 0 Å². The number of hydrogen-bond acceptors (Lipinski definition) is 2. The first-order chi connectivity index (χ1) is 6.50. The molecule has 3 nitrogen and oxygen atoms in total. The van der Waals surface area contributed by atoms with Crippen molar-refractivity contribution in [3.05, 3.63) is 36.8 Å². The largest absolute Gasteiger partial charge is 0.270 e. The van der Waals surface area contributed by atoms with Crippen LogP contribution in [0.25, 0.3) is 0 Å². The molecule has 0 fully saturated rings. The predicted octanol–water partition coefficient (Wildman–Crippen LogP) is 1.38. The van der Waals surface area contributed by atoms with Gasteiger partial charge in [0, 0.05) is 12.5 Å². The molecule has 1 heterocycles. The molecule has 0 N–H and O–H groups in total. The maximum atomic E-state index is 11.4. The molecule has 75 valence electrons. The fraction of sp³-hybridized carbons (Fsp3) is 0.300. The molecule has 0 amide bonds. The molecular formula is C10H12NO2S. The van der Waals surface area contributed by atoms with Gasteiger partial charge >= 0.3 is 0 Å². The third-order valence-corrected chi connectivity index (χ3v) is 3.58. The summed E-state index contributed by atoms with van der Waals surface area (Å²) in [5.74, 6) is 0.0425. The first-order valence-corrected chi connectivity index (χ1v) is 6.24. The second-order valence-electron chi connectivity index (χ2n) is 3.55. The van der Waals surface area contributed by atoms with Gasteiger partial charge in [0.1, 0.15) is 0 Å². The average Bonchev–Trinajstić information content (AvgIpc) is 2.44. The maximum Gasteiger partial charge on any atom is 0.232 e. The molecule has 1 radical (unpaired) electrons. The maximum absolute atomic E-state index is 11.4. The van der Waals surface area contributed by atoms with Gasteiger partial charge in [-0.2, -0.15) is 0 Å². The molecule has 1 aromatic rings. The lowest BCUT2D eigenvalue weighted by molar-refractivity contribution is 0.597. The van der Waals surface area contributed by atoms with E-state index in [4.69, 9.17) is 0 Å². The molecule has 1 aliphatic heterocycles. The highest BCUT2D eigenvalue weighted by molar-refractivity contribution is 7.92. The van der Waals surface area contributed by atoms with Gasteiger partial charge < -0.3 is 0 Å². The summed E-state index contributed by atoms with van der Waals surface area (Å²) in [6.07, 6.45) is 1.22. The molecule has 0 aliphatic carbocycles. The highest BCUT2D eigenvalue weighted by Gasteiger charge is 2.30. The van der Waals surface area contributed by atoms with Crippen LogP contribution < -0.4 is 4.31 Å². The monoisotopic (exact) mass is 210 g/mol. The minimum absolute atomic E-state index is 0.0425. The van der Waals surface area contributed by atoms with Gasteiger partial charge in [0.25, 0.3) is 0 Å². The standard InChI is InChI=1S/C10H12NO2S/c1-8-7-11(14(2,12)13)10-6-4-3-5-9(8)10/h3-6,8H,1,7H2,2H3. The minimum atomic E-state index is -3.16. The van der Waals surface area contributed by atoms with Gasteiger partial charge in [-0.05, 0) is 18.6 Å². The summed E-state index contributed by atoms with van der Waals surface area (Å²) in [5.41, 5.74) is 1.79. The number of fused-ring (bicyclic) bond motifs is 1. The lowest BCUT2D eigenvalue weighted by Gasteiger charge is -2.16. The van der Waals surface area contributed by atoms with Crippen LogP contribution in [0.1, 0.15) is 11.5 Å². The molecule has 0 saturated carbocycles. The Bertz CT molecular complexity index is 453. The Balaban J connectivity index is 2.55. The Morgan fingerprint density at radius 2 is 2.07 bits per heavy atom.